The number of hydrogen-bond acceptors (Lipinski definition) is 5. The van der Waals surface area contributed by atoms with Gasteiger partial charge in [0.1, 0.15) is 23.3 Å². The summed E-state index contributed by atoms with van der Waals surface area (Å²) in [6.45, 7) is 0.517. The first-order valence-electron chi connectivity index (χ1n) is 6.16. The first-order chi connectivity index (χ1) is 9.78. The Hall–Kier alpha value is -2.06. The van der Waals surface area contributed by atoms with Gasteiger partial charge < -0.3 is 14.5 Å². The van der Waals surface area contributed by atoms with Crippen LogP contribution in [0.25, 0.3) is 0 Å². The van der Waals surface area contributed by atoms with Crippen LogP contribution < -0.4 is 10.1 Å². The largest absolute Gasteiger partial charge is 0.495 e. The van der Waals surface area contributed by atoms with Gasteiger partial charge in [0.2, 0.25) is 0 Å². The molecule has 5 heteroatoms. The molecule has 2 rings (SSSR count). The number of benzene rings is 1. The van der Waals surface area contributed by atoms with E-state index >= 15 is 0 Å². The number of nitriles is 1. The molecule has 104 valence electrons. The maximum absolute atomic E-state index is 9.14. The highest BCUT2D eigenvalue weighted by molar-refractivity contribution is 7.97. The fourth-order valence-electron chi connectivity index (χ4n) is 1.89. The summed E-state index contributed by atoms with van der Waals surface area (Å²) in [5.41, 5.74) is 1.25. The molecule has 1 heterocycles. The zero-order valence-corrected chi connectivity index (χ0v) is 12.3. The molecule has 0 fully saturated rings. The molecule has 0 saturated carbocycles. The molecule has 0 saturated heterocycles. The minimum atomic E-state index is 0.517. The Morgan fingerprint density at radius 2 is 2.10 bits per heavy atom. The van der Waals surface area contributed by atoms with Gasteiger partial charge in [0, 0.05) is 0 Å². The molecule has 2 aromatic rings. The third-order valence-electron chi connectivity index (χ3n) is 2.81. The van der Waals surface area contributed by atoms with Gasteiger partial charge in [-0.1, -0.05) is 6.07 Å². The first-order valence-corrected chi connectivity index (χ1v) is 7.55. The number of nitrogens with zero attached hydrogens (tertiary/aromatic N) is 1. The molecule has 0 aliphatic carbocycles. The maximum atomic E-state index is 9.14. The van der Waals surface area contributed by atoms with Crippen molar-refractivity contribution in [3.05, 3.63) is 47.4 Å². The molecule has 0 bridgehead atoms. The summed E-state index contributed by atoms with van der Waals surface area (Å²) < 4.78 is 11.0. The van der Waals surface area contributed by atoms with E-state index in [0.29, 0.717) is 23.5 Å². The molecule has 1 N–H and O–H groups in total. The quantitative estimate of drug-likeness (QED) is 0.879. The minimum Gasteiger partial charge on any atom is -0.495 e. The van der Waals surface area contributed by atoms with Crippen LogP contribution in [0.15, 0.2) is 34.7 Å². The monoisotopic (exact) mass is 288 g/mol. The minimum absolute atomic E-state index is 0.517. The number of furan rings is 1. The Labute approximate surface area is 122 Å². The Morgan fingerprint density at radius 3 is 2.80 bits per heavy atom. The summed E-state index contributed by atoms with van der Waals surface area (Å²) >= 11 is 1.72. The van der Waals surface area contributed by atoms with E-state index in [1.54, 1.807) is 31.0 Å². The molecule has 0 atom stereocenters. The van der Waals surface area contributed by atoms with E-state index in [1.165, 1.54) is 0 Å². The Bertz CT molecular complexity index is 617. The number of nitrogens with one attached hydrogen (secondary N) is 1. The number of para-hydroxylation sites is 1. The van der Waals surface area contributed by atoms with Gasteiger partial charge in [0.25, 0.3) is 0 Å². The van der Waals surface area contributed by atoms with Crippen molar-refractivity contribution in [1.82, 2.24) is 0 Å². The third kappa shape index (κ3) is 3.28. The van der Waals surface area contributed by atoms with Crippen molar-refractivity contribution in [2.75, 3.05) is 18.7 Å². The lowest BCUT2D eigenvalue weighted by molar-refractivity contribution is 0.416. The molecular formula is C15H16N2O2S. The van der Waals surface area contributed by atoms with Crippen molar-refractivity contribution in [1.29, 1.82) is 5.26 Å². The predicted octanol–water partition coefficient (Wildman–Crippen LogP) is 3.63. The third-order valence-corrected chi connectivity index (χ3v) is 3.38. The highest BCUT2D eigenvalue weighted by atomic mass is 32.2. The van der Waals surface area contributed by atoms with Crippen molar-refractivity contribution < 1.29 is 9.15 Å². The van der Waals surface area contributed by atoms with Crippen LogP contribution in [-0.2, 0) is 12.3 Å². The van der Waals surface area contributed by atoms with Crippen molar-refractivity contribution in [2.45, 2.75) is 12.3 Å². The standard InChI is InChI=1S/C15H16N2O2S/c1-18-14-5-3-4-11(8-16)15(14)17-9-12-6-7-13(19-12)10-20-2/h3-7,17H,9-10H2,1-2H3. The summed E-state index contributed by atoms with van der Waals surface area (Å²) in [7, 11) is 1.59. The fraction of sp³-hybridized carbons (Fsp3) is 0.267. The van der Waals surface area contributed by atoms with Gasteiger partial charge in [0.15, 0.2) is 0 Å². The van der Waals surface area contributed by atoms with E-state index in [9.17, 15) is 0 Å². The molecule has 0 radical (unpaired) electrons. The summed E-state index contributed by atoms with van der Waals surface area (Å²) in [5, 5.41) is 12.3. The lowest BCUT2D eigenvalue weighted by Crippen LogP contribution is -2.02. The molecule has 0 unspecified atom stereocenters. The highest BCUT2D eigenvalue weighted by Crippen LogP contribution is 2.28. The van der Waals surface area contributed by atoms with Crippen LogP contribution in [-0.4, -0.2) is 13.4 Å². The lowest BCUT2D eigenvalue weighted by atomic mass is 10.1. The van der Waals surface area contributed by atoms with Gasteiger partial charge >= 0.3 is 0 Å². The summed E-state index contributed by atoms with van der Waals surface area (Å²) in [5.74, 6) is 3.30. The van der Waals surface area contributed by atoms with Crippen molar-refractivity contribution in [2.24, 2.45) is 0 Å². The van der Waals surface area contributed by atoms with E-state index < -0.39 is 0 Å². The topological polar surface area (TPSA) is 58.2 Å². The van der Waals surface area contributed by atoms with Crippen molar-refractivity contribution in [3.63, 3.8) is 0 Å². The van der Waals surface area contributed by atoms with Crippen LogP contribution in [0.1, 0.15) is 17.1 Å². The van der Waals surface area contributed by atoms with Gasteiger partial charge in [-0.25, -0.2) is 0 Å². The average molecular weight is 288 g/mol. The maximum Gasteiger partial charge on any atom is 0.143 e. The lowest BCUT2D eigenvalue weighted by Gasteiger charge is -2.11. The number of rotatable bonds is 6. The number of methoxy groups -OCH3 is 1. The van der Waals surface area contributed by atoms with E-state index in [2.05, 4.69) is 11.4 Å². The molecule has 0 aliphatic rings. The summed E-state index contributed by atoms with van der Waals surface area (Å²) in [6.07, 6.45) is 2.04. The van der Waals surface area contributed by atoms with Crippen molar-refractivity contribution in [3.8, 4) is 11.8 Å². The van der Waals surface area contributed by atoms with Gasteiger partial charge in [-0.2, -0.15) is 17.0 Å². The Balaban J connectivity index is 2.12. The number of ether oxygens (including phenoxy) is 1. The molecule has 20 heavy (non-hydrogen) atoms. The SMILES string of the molecule is COc1cccc(C#N)c1NCc1ccc(CSC)o1. The zero-order valence-electron chi connectivity index (χ0n) is 11.5. The Kier molecular flexibility index (Phi) is 4.97. The average Bonchev–Trinajstić information content (AvgIpc) is 2.92. The molecular weight excluding hydrogens is 272 g/mol. The second kappa shape index (κ2) is 6.92. The van der Waals surface area contributed by atoms with E-state index in [0.717, 1.165) is 17.3 Å². The van der Waals surface area contributed by atoms with Crippen LogP contribution in [0.2, 0.25) is 0 Å². The van der Waals surface area contributed by atoms with E-state index in [4.69, 9.17) is 14.4 Å². The second-order valence-corrected chi connectivity index (χ2v) is 5.02. The zero-order chi connectivity index (χ0) is 14.4. The fourth-order valence-corrected chi connectivity index (χ4v) is 2.33. The van der Waals surface area contributed by atoms with Crippen LogP contribution in [0.4, 0.5) is 5.69 Å². The van der Waals surface area contributed by atoms with Crippen LogP contribution in [0.3, 0.4) is 0 Å². The number of thioether (sulfide) groups is 1. The summed E-state index contributed by atoms with van der Waals surface area (Å²) in [4.78, 5) is 0. The van der Waals surface area contributed by atoms with Crippen LogP contribution >= 0.6 is 11.8 Å². The Morgan fingerprint density at radius 1 is 1.30 bits per heavy atom. The van der Waals surface area contributed by atoms with Gasteiger partial charge in [-0.15, -0.1) is 0 Å². The normalized spacial score (nSPS) is 10.1. The number of anilines is 1. The molecule has 1 aromatic carbocycles. The number of hydrogen-bond donors (Lipinski definition) is 1. The first kappa shape index (κ1) is 14.4. The van der Waals surface area contributed by atoms with E-state index in [1.807, 2.05) is 24.5 Å². The molecule has 1 aromatic heterocycles. The van der Waals surface area contributed by atoms with Gasteiger partial charge in [-0.3, -0.25) is 0 Å². The van der Waals surface area contributed by atoms with Gasteiger partial charge in [0.05, 0.1) is 30.7 Å². The van der Waals surface area contributed by atoms with Gasteiger partial charge in [-0.05, 0) is 30.5 Å². The second-order valence-electron chi connectivity index (χ2n) is 4.15. The van der Waals surface area contributed by atoms with Crippen molar-refractivity contribution >= 4 is 17.4 Å². The van der Waals surface area contributed by atoms with Crippen LogP contribution in [0, 0.1) is 11.3 Å². The molecule has 0 amide bonds. The highest BCUT2D eigenvalue weighted by Gasteiger charge is 2.09. The molecule has 0 spiro atoms. The van der Waals surface area contributed by atoms with Crippen LogP contribution in [0.5, 0.6) is 5.75 Å². The van der Waals surface area contributed by atoms with E-state index in [-0.39, 0.29) is 0 Å². The smallest absolute Gasteiger partial charge is 0.143 e. The predicted molar refractivity (Wildman–Crippen MR) is 81.0 cm³/mol. The molecule has 0 aliphatic heterocycles. The molecule has 4 nitrogen and oxygen atoms in total. The summed E-state index contributed by atoms with van der Waals surface area (Å²) in [6, 6.07) is 11.5.